The normalized spacial score (nSPS) is 11.5. The molecule has 3 nitrogen and oxygen atoms in total. The Balaban J connectivity index is 2.12. The Morgan fingerprint density at radius 2 is 1.86 bits per heavy atom. The fourth-order valence-electron chi connectivity index (χ4n) is 1.77. The second-order valence-electron chi connectivity index (χ2n) is 4.28. The molecule has 0 aliphatic heterocycles. The Morgan fingerprint density at radius 1 is 1.23 bits per heavy atom. The fraction of sp³-hybridized carbons (Fsp3) is 0.308. The molecular weight excluding hydrogens is 359 g/mol. The van der Waals surface area contributed by atoms with E-state index in [0.717, 1.165) is 15.9 Å². The van der Waals surface area contributed by atoms with Crippen LogP contribution in [0.5, 0.6) is 5.75 Å². The number of benzene rings is 1. The molecule has 0 saturated carbocycles. The van der Waals surface area contributed by atoms with Crippen molar-refractivity contribution in [3.63, 3.8) is 0 Å². The molecular formula is C13H11ClF3NO2S2. The molecule has 22 heavy (non-hydrogen) atoms. The molecule has 0 aliphatic rings. The minimum atomic E-state index is -4.70. The standard InChI is InChI=1S/C13H11ClF3NO2S2/c1-2-18(11-10(14)12(19)22-21-11)7-8-3-5-9(6-4-8)20-13(15,16)17/h3-6H,2,7H2,1H3. The number of hydrogen-bond acceptors (Lipinski definition) is 5. The minimum absolute atomic E-state index is 0.186. The van der Waals surface area contributed by atoms with E-state index in [2.05, 4.69) is 4.74 Å². The topological polar surface area (TPSA) is 29.5 Å². The van der Waals surface area contributed by atoms with Gasteiger partial charge in [-0.1, -0.05) is 34.1 Å². The van der Waals surface area contributed by atoms with Gasteiger partial charge in [-0.2, -0.15) is 0 Å². The van der Waals surface area contributed by atoms with E-state index in [4.69, 9.17) is 11.6 Å². The number of hydrogen-bond donors (Lipinski definition) is 0. The van der Waals surface area contributed by atoms with Crippen LogP contribution in [0.1, 0.15) is 12.5 Å². The second kappa shape index (κ2) is 6.89. The molecule has 0 unspecified atom stereocenters. The monoisotopic (exact) mass is 369 g/mol. The molecule has 1 heterocycles. The van der Waals surface area contributed by atoms with E-state index < -0.39 is 6.36 Å². The Morgan fingerprint density at radius 3 is 2.32 bits per heavy atom. The molecule has 0 radical (unpaired) electrons. The van der Waals surface area contributed by atoms with Crippen LogP contribution >= 0.6 is 32.3 Å². The number of nitrogens with zero attached hydrogens (tertiary/aromatic N) is 1. The molecule has 1 aromatic carbocycles. The molecule has 120 valence electrons. The lowest BCUT2D eigenvalue weighted by atomic mass is 10.2. The van der Waals surface area contributed by atoms with E-state index >= 15 is 0 Å². The van der Waals surface area contributed by atoms with Crippen molar-refractivity contribution in [1.82, 2.24) is 0 Å². The molecule has 0 aliphatic carbocycles. The molecule has 0 atom stereocenters. The Kier molecular flexibility index (Phi) is 5.36. The van der Waals surface area contributed by atoms with Crippen LogP contribution in [0.2, 0.25) is 5.02 Å². The highest BCUT2D eigenvalue weighted by atomic mass is 35.5. The van der Waals surface area contributed by atoms with E-state index in [1.165, 1.54) is 22.5 Å². The van der Waals surface area contributed by atoms with Crippen molar-refractivity contribution < 1.29 is 17.9 Å². The third-order valence-corrected chi connectivity index (χ3v) is 5.57. The largest absolute Gasteiger partial charge is 0.573 e. The summed E-state index contributed by atoms with van der Waals surface area (Å²) in [6.07, 6.45) is -4.70. The maximum absolute atomic E-state index is 12.1. The fourth-order valence-corrected chi connectivity index (χ4v) is 4.53. The third-order valence-electron chi connectivity index (χ3n) is 2.76. The minimum Gasteiger partial charge on any atom is -0.406 e. The molecule has 0 amide bonds. The number of anilines is 1. The highest BCUT2D eigenvalue weighted by Crippen LogP contribution is 2.32. The molecule has 9 heteroatoms. The van der Waals surface area contributed by atoms with Gasteiger partial charge >= 0.3 is 6.36 Å². The third kappa shape index (κ3) is 4.37. The zero-order valence-electron chi connectivity index (χ0n) is 11.3. The predicted octanol–water partition coefficient (Wildman–Crippen LogP) is 4.75. The number of ether oxygens (including phenoxy) is 1. The van der Waals surface area contributed by atoms with Crippen LogP contribution in [0.15, 0.2) is 29.1 Å². The number of rotatable bonds is 5. The van der Waals surface area contributed by atoms with Gasteiger partial charge in [0.2, 0.25) is 0 Å². The van der Waals surface area contributed by atoms with Crippen LogP contribution in [0.3, 0.4) is 0 Å². The lowest BCUT2D eigenvalue weighted by Gasteiger charge is -2.21. The summed E-state index contributed by atoms with van der Waals surface area (Å²) >= 11 is 5.97. The average Bonchev–Trinajstić information content (AvgIpc) is 2.77. The van der Waals surface area contributed by atoms with Gasteiger partial charge < -0.3 is 9.64 Å². The number of alkyl halides is 3. The van der Waals surface area contributed by atoms with Crippen molar-refractivity contribution in [2.24, 2.45) is 0 Å². The molecule has 2 rings (SSSR count). The van der Waals surface area contributed by atoms with E-state index in [-0.39, 0.29) is 15.5 Å². The van der Waals surface area contributed by atoms with Gasteiger partial charge in [-0.25, -0.2) is 0 Å². The first-order valence-electron chi connectivity index (χ1n) is 6.18. The predicted molar refractivity (Wildman–Crippen MR) is 83.3 cm³/mol. The first-order chi connectivity index (χ1) is 10.3. The van der Waals surface area contributed by atoms with E-state index in [1.807, 2.05) is 11.8 Å². The van der Waals surface area contributed by atoms with E-state index in [1.54, 1.807) is 12.1 Å². The van der Waals surface area contributed by atoms with Crippen LogP contribution < -0.4 is 14.4 Å². The molecule has 0 saturated heterocycles. The maximum Gasteiger partial charge on any atom is 0.573 e. The summed E-state index contributed by atoms with van der Waals surface area (Å²) in [6, 6.07) is 5.61. The van der Waals surface area contributed by atoms with Crippen molar-refractivity contribution in [1.29, 1.82) is 0 Å². The molecule has 1 aromatic heterocycles. The quantitative estimate of drug-likeness (QED) is 0.712. The van der Waals surface area contributed by atoms with E-state index in [0.29, 0.717) is 18.1 Å². The molecule has 0 spiro atoms. The zero-order valence-corrected chi connectivity index (χ0v) is 13.7. The summed E-state index contributed by atoms with van der Waals surface area (Å²) in [5.74, 6) is -0.266. The van der Waals surface area contributed by atoms with Crippen LogP contribution in [-0.2, 0) is 6.54 Å². The van der Waals surface area contributed by atoms with Gasteiger partial charge in [0.15, 0.2) is 0 Å². The van der Waals surface area contributed by atoms with Gasteiger partial charge in [0, 0.05) is 13.1 Å². The summed E-state index contributed by atoms with van der Waals surface area (Å²) in [7, 11) is 2.35. The van der Waals surface area contributed by atoms with Crippen molar-refractivity contribution in [2.75, 3.05) is 11.4 Å². The molecule has 2 aromatic rings. The van der Waals surface area contributed by atoms with E-state index in [9.17, 15) is 18.0 Å². The van der Waals surface area contributed by atoms with Crippen LogP contribution in [0, 0.1) is 0 Å². The summed E-state index contributed by atoms with van der Waals surface area (Å²) < 4.78 is 39.9. The Labute approximate surface area is 136 Å². The summed E-state index contributed by atoms with van der Waals surface area (Å²) in [4.78, 5) is 13.3. The summed E-state index contributed by atoms with van der Waals surface area (Å²) in [5.41, 5.74) is 0.790. The van der Waals surface area contributed by atoms with Gasteiger partial charge in [0.05, 0.1) is 0 Å². The highest BCUT2D eigenvalue weighted by Gasteiger charge is 2.30. The summed E-state index contributed by atoms with van der Waals surface area (Å²) in [6.45, 7) is 2.97. The van der Waals surface area contributed by atoms with Crippen LogP contribution in [-0.4, -0.2) is 12.9 Å². The van der Waals surface area contributed by atoms with Crippen LogP contribution in [0.4, 0.5) is 18.2 Å². The lowest BCUT2D eigenvalue weighted by molar-refractivity contribution is -0.274. The molecule has 0 N–H and O–H groups in total. The molecule has 0 fully saturated rings. The highest BCUT2D eigenvalue weighted by molar-refractivity contribution is 7.70. The van der Waals surface area contributed by atoms with Gasteiger partial charge in [0.25, 0.3) is 4.74 Å². The van der Waals surface area contributed by atoms with Crippen molar-refractivity contribution in [3.05, 3.63) is 44.4 Å². The lowest BCUT2D eigenvalue weighted by Crippen LogP contribution is -2.21. The Hall–Kier alpha value is -1.25. The smallest absolute Gasteiger partial charge is 0.406 e. The zero-order chi connectivity index (χ0) is 16.3. The number of halogens is 4. The maximum atomic E-state index is 12.1. The van der Waals surface area contributed by atoms with Gasteiger partial charge in [0.1, 0.15) is 15.8 Å². The van der Waals surface area contributed by atoms with Crippen LogP contribution in [0.25, 0.3) is 0 Å². The van der Waals surface area contributed by atoms with Crippen molar-refractivity contribution in [2.45, 2.75) is 19.8 Å². The van der Waals surface area contributed by atoms with Crippen molar-refractivity contribution >= 4 is 37.3 Å². The van der Waals surface area contributed by atoms with Gasteiger partial charge in [-0.05, 0) is 35.0 Å². The SMILES string of the molecule is CCN(Cc1ccc(OC(F)(F)F)cc1)c1ssc(=O)c1Cl. The molecule has 0 bridgehead atoms. The van der Waals surface area contributed by atoms with Crippen molar-refractivity contribution in [3.8, 4) is 5.75 Å². The summed E-state index contributed by atoms with van der Waals surface area (Å²) in [5, 5.41) is 0.864. The van der Waals surface area contributed by atoms with Gasteiger partial charge in [-0.3, -0.25) is 4.79 Å². The van der Waals surface area contributed by atoms with Gasteiger partial charge in [-0.15, -0.1) is 13.2 Å². The Bertz CT molecular complexity index is 682. The first kappa shape index (κ1) is 17.1. The second-order valence-corrected chi connectivity index (χ2v) is 6.75. The first-order valence-corrected chi connectivity index (χ1v) is 8.71. The average molecular weight is 370 g/mol.